The number of rotatable bonds is 0. The van der Waals surface area contributed by atoms with Gasteiger partial charge in [-0.15, -0.1) is 0 Å². The zero-order valence-corrected chi connectivity index (χ0v) is 7.89. The van der Waals surface area contributed by atoms with Crippen LogP contribution < -0.4 is 0 Å². The van der Waals surface area contributed by atoms with Crippen molar-refractivity contribution in [3.63, 3.8) is 0 Å². The molecule has 0 nitrogen and oxygen atoms in total. The van der Waals surface area contributed by atoms with Crippen LogP contribution in [0.1, 0.15) is 13.3 Å². The summed E-state index contributed by atoms with van der Waals surface area (Å²) in [5.74, 6) is 0. The summed E-state index contributed by atoms with van der Waals surface area (Å²) in [5.41, 5.74) is 0. The third kappa shape index (κ3) is 10.8. The molecule has 0 saturated heterocycles. The van der Waals surface area contributed by atoms with Crippen LogP contribution in [0.3, 0.4) is 0 Å². The predicted molar refractivity (Wildman–Crippen MR) is 40.9 cm³/mol. The molecule has 0 aromatic heterocycles. The van der Waals surface area contributed by atoms with E-state index in [0.717, 1.165) is 6.42 Å². The Morgan fingerprint density at radius 3 is 1.70 bits per heavy atom. The van der Waals surface area contributed by atoms with Gasteiger partial charge in [-0.05, 0) is 0 Å². The smallest absolute Gasteiger partial charge is 0.344 e. The Bertz CT molecular complexity index is 87.6. The molecule has 0 aliphatic carbocycles. The van der Waals surface area contributed by atoms with E-state index in [-0.39, 0.29) is 19.5 Å². The average Bonchev–Trinajstić information content (AvgIpc) is 1.93. The van der Waals surface area contributed by atoms with Gasteiger partial charge in [0.05, 0.1) is 0 Å². The van der Waals surface area contributed by atoms with Crippen LogP contribution in [0.15, 0.2) is 30.3 Å². The maximum Gasteiger partial charge on any atom is 2.00 e. The van der Waals surface area contributed by atoms with Gasteiger partial charge in [0.2, 0.25) is 0 Å². The minimum atomic E-state index is 0. The second kappa shape index (κ2) is 11.6. The van der Waals surface area contributed by atoms with Gasteiger partial charge < -0.3 is 6.92 Å². The molecule has 0 N–H and O–H groups in total. The fourth-order valence-electron chi connectivity index (χ4n) is 0.342. The summed E-state index contributed by atoms with van der Waals surface area (Å²) in [7, 11) is 0. The molecular formula is C9H12Ru. The van der Waals surface area contributed by atoms with E-state index >= 15 is 0 Å². The van der Waals surface area contributed by atoms with Gasteiger partial charge in [0.15, 0.2) is 0 Å². The first kappa shape index (κ1) is 12.5. The molecule has 0 radical (unpaired) electrons. The van der Waals surface area contributed by atoms with Crippen molar-refractivity contribution < 1.29 is 19.5 Å². The first-order valence-electron chi connectivity index (χ1n) is 3.12. The first-order valence-corrected chi connectivity index (χ1v) is 3.12. The minimum absolute atomic E-state index is 0. The van der Waals surface area contributed by atoms with Gasteiger partial charge in [0, 0.05) is 0 Å². The Kier molecular flexibility index (Phi) is 14.5. The summed E-state index contributed by atoms with van der Waals surface area (Å²) in [5, 5.41) is 0. The van der Waals surface area contributed by atoms with E-state index in [0.29, 0.717) is 0 Å². The third-order valence-electron chi connectivity index (χ3n) is 0.607. The van der Waals surface area contributed by atoms with Crippen LogP contribution in [-0.2, 0) is 19.5 Å². The molecule has 1 rings (SSSR count). The quantitative estimate of drug-likeness (QED) is 0.467. The fourth-order valence-corrected chi connectivity index (χ4v) is 0.342. The molecule has 0 amide bonds. The summed E-state index contributed by atoms with van der Waals surface area (Å²) in [6.07, 6.45) is 1.00. The zero-order chi connectivity index (χ0) is 6.95. The van der Waals surface area contributed by atoms with Crippen molar-refractivity contribution in [1.82, 2.24) is 0 Å². The van der Waals surface area contributed by atoms with E-state index in [1.165, 1.54) is 0 Å². The average molecular weight is 221 g/mol. The second-order valence-corrected chi connectivity index (χ2v) is 1.58. The van der Waals surface area contributed by atoms with Crippen molar-refractivity contribution in [3.05, 3.63) is 43.3 Å². The molecule has 56 valence electrons. The molecule has 1 heteroatoms. The van der Waals surface area contributed by atoms with E-state index in [1.807, 2.05) is 37.3 Å². The largest absolute Gasteiger partial charge is 2.00 e. The van der Waals surface area contributed by atoms with Crippen LogP contribution >= 0.6 is 0 Å². The van der Waals surface area contributed by atoms with Crippen molar-refractivity contribution in [1.29, 1.82) is 0 Å². The monoisotopic (exact) mass is 222 g/mol. The molecule has 0 bridgehead atoms. The maximum absolute atomic E-state index is 3.49. The summed E-state index contributed by atoms with van der Waals surface area (Å²) in [6, 6.07) is 12.5. The van der Waals surface area contributed by atoms with Crippen LogP contribution in [-0.4, -0.2) is 0 Å². The molecule has 0 spiro atoms. The van der Waals surface area contributed by atoms with Gasteiger partial charge in [0.25, 0.3) is 0 Å². The second-order valence-electron chi connectivity index (χ2n) is 1.58. The van der Waals surface area contributed by atoms with E-state index in [2.05, 4.69) is 13.0 Å². The molecule has 0 aliphatic rings. The molecule has 1 aromatic carbocycles. The van der Waals surface area contributed by atoms with Gasteiger partial charge in [-0.2, -0.15) is 42.8 Å². The summed E-state index contributed by atoms with van der Waals surface area (Å²) in [4.78, 5) is 0. The molecular weight excluding hydrogens is 209 g/mol. The molecule has 0 saturated carbocycles. The van der Waals surface area contributed by atoms with Crippen LogP contribution in [0.5, 0.6) is 0 Å². The molecule has 1 aromatic rings. The Hall–Kier alpha value is -0.157. The van der Waals surface area contributed by atoms with Crippen molar-refractivity contribution in [2.45, 2.75) is 13.3 Å². The van der Waals surface area contributed by atoms with Crippen molar-refractivity contribution >= 4 is 0 Å². The fraction of sp³-hybridized carbons (Fsp3) is 0.222. The summed E-state index contributed by atoms with van der Waals surface area (Å²) in [6.45, 7) is 5.50. The SMILES string of the molecule is [CH2-]CC.[Ru+2].[c-]1ccccc1. The van der Waals surface area contributed by atoms with E-state index in [9.17, 15) is 0 Å². The number of hydrogen-bond donors (Lipinski definition) is 0. The van der Waals surface area contributed by atoms with Gasteiger partial charge in [-0.3, -0.25) is 0 Å². The van der Waals surface area contributed by atoms with Gasteiger partial charge in [0.1, 0.15) is 0 Å². The van der Waals surface area contributed by atoms with Crippen LogP contribution in [0, 0.1) is 13.0 Å². The van der Waals surface area contributed by atoms with E-state index in [4.69, 9.17) is 0 Å². The minimum Gasteiger partial charge on any atom is -0.344 e. The van der Waals surface area contributed by atoms with Crippen LogP contribution in [0.2, 0.25) is 0 Å². The topological polar surface area (TPSA) is 0 Å². The van der Waals surface area contributed by atoms with Gasteiger partial charge in [-0.25, -0.2) is 0 Å². The molecule has 0 fully saturated rings. The Balaban J connectivity index is 0. The molecule has 0 unspecified atom stereocenters. The van der Waals surface area contributed by atoms with Crippen LogP contribution in [0.4, 0.5) is 0 Å². The van der Waals surface area contributed by atoms with Crippen molar-refractivity contribution in [2.24, 2.45) is 0 Å². The molecule has 0 heterocycles. The van der Waals surface area contributed by atoms with Crippen LogP contribution in [0.25, 0.3) is 0 Å². The normalized spacial score (nSPS) is 6.60. The van der Waals surface area contributed by atoms with Crippen molar-refractivity contribution in [2.75, 3.05) is 0 Å². The molecule has 0 atom stereocenters. The van der Waals surface area contributed by atoms with E-state index in [1.54, 1.807) is 0 Å². The molecule has 0 aliphatic heterocycles. The summed E-state index contributed by atoms with van der Waals surface area (Å²) >= 11 is 0. The number of benzene rings is 1. The Labute approximate surface area is 76.4 Å². The van der Waals surface area contributed by atoms with Crippen molar-refractivity contribution in [3.8, 4) is 0 Å². The first-order chi connectivity index (χ1) is 4.41. The standard InChI is InChI=1S/C6H5.C3H7.Ru/c1-2-4-6-5-3-1;1-3-2;/h1-5H;1,3H2,2H3;/q2*-1;+2. The van der Waals surface area contributed by atoms with Gasteiger partial charge >= 0.3 is 19.5 Å². The number of hydrogen-bond acceptors (Lipinski definition) is 0. The Morgan fingerprint density at radius 2 is 1.60 bits per heavy atom. The maximum atomic E-state index is 3.49. The Morgan fingerprint density at radius 1 is 1.20 bits per heavy atom. The third-order valence-corrected chi connectivity index (χ3v) is 0.607. The summed E-state index contributed by atoms with van der Waals surface area (Å²) < 4.78 is 0. The van der Waals surface area contributed by atoms with Gasteiger partial charge in [-0.1, -0.05) is 6.92 Å². The predicted octanol–water partition coefficient (Wildman–Crippen LogP) is 2.71. The zero-order valence-electron chi connectivity index (χ0n) is 6.15. The van der Waals surface area contributed by atoms with E-state index < -0.39 is 0 Å². The molecule has 10 heavy (non-hydrogen) atoms.